The van der Waals surface area contributed by atoms with Gasteiger partial charge in [0.25, 0.3) is 0 Å². The van der Waals surface area contributed by atoms with Crippen molar-refractivity contribution in [1.82, 2.24) is 5.32 Å². The Bertz CT molecular complexity index is 423. The molecule has 0 bridgehead atoms. The Morgan fingerprint density at radius 1 is 1.20 bits per heavy atom. The largest absolute Gasteiger partial charge is 0.418 e. The Labute approximate surface area is 118 Å². The van der Waals surface area contributed by atoms with Gasteiger partial charge in [-0.1, -0.05) is 19.1 Å². The van der Waals surface area contributed by atoms with Gasteiger partial charge in [-0.05, 0) is 37.9 Å². The van der Waals surface area contributed by atoms with Crippen molar-refractivity contribution in [2.24, 2.45) is 0 Å². The molecule has 5 heteroatoms. The van der Waals surface area contributed by atoms with E-state index in [0.29, 0.717) is 24.8 Å². The van der Waals surface area contributed by atoms with Crippen molar-refractivity contribution in [2.45, 2.75) is 38.4 Å². The van der Waals surface area contributed by atoms with Crippen molar-refractivity contribution in [3.63, 3.8) is 0 Å². The molecular weight excluding hydrogens is 265 g/mol. The molecule has 0 spiro atoms. The zero-order chi connectivity index (χ0) is 14.6. The first-order chi connectivity index (χ1) is 9.52. The predicted octanol–water partition coefficient (Wildman–Crippen LogP) is 3.67. The van der Waals surface area contributed by atoms with Crippen LogP contribution in [0.15, 0.2) is 24.3 Å². The molecule has 1 fully saturated rings. The summed E-state index contributed by atoms with van der Waals surface area (Å²) in [7, 11) is 0. The van der Waals surface area contributed by atoms with Crippen molar-refractivity contribution in [1.29, 1.82) is 0 Å². The number of para-hydroxylation sites is 1. The summed E-state index contributed by atoms with van der Waals surface area (Å²) < 4.78 is 39.0. The molecule has 0 atom stereocenters. The minimum atomic E-state index is -4.28. The highest BCUT2D eigenvalue weighted by Crippen LogP contribution is 2.37. The summed E-state index contributed by atoms with van der Waals surface area (Å²) in [6, 6.07) is 6.29. The number of nitrogens with one attached hydrogen (secondary N) is 1. The Kier molecular flexibility index (Phi) is 4.91. The van der Waals surface area contributed by atoms with Crippen LogP contribution in [0.5, 0.6) is 0 Å². The molecule has 1 heterocycles. The van der Waals surface area contributed by atoms with Crippen molar-refractivity contribution < 1.29 is 13.2 Å². The maximum atomic E-state index is 13.0. The average Bonchev–Trinajstić information content (AvgIpc) is 2.45. The van der Waals surface area contributed by atoms with Gasteiger partial charge in [-0.2, -0.15) is 13.2 Å². The summed E-state index contributed by atoms with van der Waals surface area (Å²) in [5.41, 5.74) is -0.214. The first-order valence-electron chi connectivity index (χ1n) is 7.17. The van der Waals surface area contributed by atoms with Crippen molar-refractivity contribution in [3.05, 3.63) is 29.8 Å². The lowest BCUT2D eigenvalue weighted by Gasteiger charge is -2.35. The van der Waals surface area contributed by atoms with Crippen LogP contribution in [0.2, 0.25) is 0 Å². The van der Waals surface area contributed by atoms with E-state index in [-0.39, 0.29) is 0 Å². The molecule has 0 aliphatic carbocycles. The van der Waals surface area contributed by atoms with Crippen molar-refractivity contribution >= 4 is 5.69 Å². The van der Waals surface area contributed by atoms with Gasteiger partial charge in [-0.3, -0.25) is 0 Å². The van der Waals surface area contributed by atoms with Crippen molar-refractivity contribution in [3.8, 4) is 0 Å². The predicted molar refractivity (Wildman–Crippen MR) is 75.0 cm³/mol. The molecule has 1 N–H and O–H groups in total. The maximum absolute atomic E-state index is 13.0. The SMILES string of the molecule is CCCNC1CCN(c2ccccc2C(F)(F)F)CC1. The molecule has 0 saturated carbocycles. The van der Waals surface area contributed by atoms with E-state index in [0.717, 1.165) is 31.9 Å². The van der Waals surface area contributed by atoms with Crippen LogP contribution in [0, 0.1) is 0 Å². The standard InChI is InChI=1S/C15H21F3N2/c1-2-9-19-12-7-10-20(11-8-12)14-6-4-3-5-13(14)15(16,17)18/h3-6,12,19H,2,7-11H2,1H3. The summed E-state index contributed by atoms with van der Waals surface area (Å²) in [6.07, 6.45) is -1.41. The van der Waals surface area contributed by atoms with Crippen LogP contribution < -0.4 is 10.2 Å². The van der Waals surface area contributed by atoms with Gasteiger partial charge in [0, 0.05) is 24.8 Å². The van der Waals surface area contributed by atoms with E-state index in [4.69, 9.17) is 0 Å². The molecule has 1 aromatic rings. The second-order valence-electron chi connectivity index (χ2n) is 5.23. The van der Waals surface area contributed by atoms with Crippen LogP contribution >= 0.6 is 0 Å². The van der Waals surface area contributed by atoms with Gasteiger partial charge in [0.1, 0.15) is 0 Å². The lowest BCUT2D eigenvalue weighted by Crippen LogP contribution is -2.43. The van der Waals surface area contributed by atoms with Crippen LogP contribution in [0.1, 0.15) is 31.7 Å². The fourth-order valence-electron chi connectivity index (χ4n) is 2.66. The van der Waals surface area contributed by atoms with Gasteiger partial charge in [0.2, 0.25) is 0 Å². The van der Waals surface area contributed by atoms with E-state index >= 15 is 0 Å². The number of hydrogen-bond donors (Lipinski definition) is 1. The third-order valence-corrected chi connectivity index (χ3v) is 3.73. The monoisotopic (exact) mass is 286 g/mol. The fraction of sp³-hybridized carbons (Fsp3) is 0.600. The molecule has 0 unspecified atom stereocenters. The second kappa shape index (κ2) is 6.48. The lowest BCUT2D eigenvalue weighted by molar-refractivity contribution is -0.137. The molecule has 1 aliphatic heterocycles. The molecule has 2 nitrogen and oxygen atoms in total. The third kappa shape index (κ3) is 3.66. The number of nitrogens with zero attached hydrogens (tertiary/aromatic N) is 1. The number of alkyl halides is 3. The summed E-state index contributed by atoms with van der Waals surface area (Å²) in [5.74, 6) is 0. The van der Waals surface area contributed by atoms with Crippen LogP contribution in [-0.4, -0.2) is 25.7 Å². The highest BCUT2D eigenvalue weighted by molar-refractivity contribution is 5.55. The van der Waals surface area contributed by atoms with Crippen LogP contribution in [-0.2, 0) is 6.18 Å². The van der Waals surface area contributed by atoms with E-state index in [9.17, 15) is 13.2 Å². The van der Waals surface area contributed by atoms with Gasteiger partial charge in [0.15, 0.2) is 0 Å². The number of piperidine rings is 1. The van der Waals surface area contributed by atoms with Gasteiger partial charge in [-0.25, -0.2) is 0 Å². The topological polar surface area (TPSA) is 15.3 Å². The number of halogens is 3. The van der Waals surface area contributed by atoms with E-state index in [2.05, 4.69) is 12.2 Å². The molecule has 2 rings (SSSR count). The summed E-state index contributed by atoms with van der Waals surface area (Å²) in [5, 5.41) is 3.44. The first-order valence-corrected chi connectivity index (χ1v) is 7.17. The highest BCUT2D eigenvalue weighted by Gasteiger charge is 2.35. The van der Waals surface area contributed by atoms with Crippen LogP contribution in [0.3, 0.4) is 0 Å². The molecule has 1 saturated heterocycles. The zero-order valence-electron chi connectivity index (χ0n) is 11.7. The van der Waals surface area contributed by atoms with Crippen LogP contribution in [0.25, 0.3) is 0 Å². The lowest BCUT2D eigenvalue weighted by atomic mass is 10.0. The molecule has 0 aromatic heterocycles. The molecular formula is C15H21F3N2. The van der Waals surface area contributed by atoms with Gasteiger partial charge < -0.3 is 10.2 Å². The number of anilines is 1. The van der Waals surface area contributed by atoms with Gasteiger partial charge >= 0.3 is 6.18 Å². The minimum absolute atomic E-state index is 0.314. The summed E-state index contributed by atoms with van der Waals surface area (Å²) in [6.45, 7) is 4.44. The molecule has 1 aromatic carbocycles. The maximum Gasteiger partial charge on any atom is 0.418 e. The number of benzene rings is 1. The number of rotatable bonds is 4. The van der Waals surface area contributed by atoms with Crippen LogP contribution in [0.4, 0.5) is 18.9 Å². The fourth-order valence-corrected chi connectivity index (χ4v) is 2.66. The Morgan fingerprint density at radius 3 is 2.45 bits per heavy atom. The average molecular weight is 286 g/mol. The van der Waals surface area contributed by atoms with E-state index in [1.165, 1.54) is 6.07 Å². The van der Waals surface area contributed by atoms with Gasteiger partial charge in [0.05, 0.1) is 5.56 Å². The zero-order valence-corrected chi connectivity index (χ0v) is 11.7. The first kappa shape index (κ1) is 15.2. The molecule has 0 radical (unpaired) electrons. The normalized spacial score (nSPS) is 17.5. The Balaban J connectivity index is 2.04. The smallest absolute Gasteiger partial charge is 0.371 e. The minimum Gasteiger partial charge on any atom is -0.371 e. The van der Waals surface area contributed by atoms with E-state index < -0.39 is 11.7 Å². The second-order valence-corrected chi connectivity index (χ2v) is 5.23. The van der Waals surface area contributed by atoms with E-state index in [1.54, 1.807) is 12.1 Å². The number of hydrogen-bond acceptors (Lipinski definition) is 2. The Morgan fingerprint density at radius 2 is 1.85 bits per heavy atom. The van der Waals surface area contributed by atoms with E-state index in [1.807, 2.05) is 4.90 Å². The molecule has 112 valence electrons. The van der Waals surface area contributed by atoms with Gasteiger partial charge in [-0.15, -0.1) is 0 Å². The molecule has 0 amide bonds. The van der Waals surface area contributed by atoms with Crippen molar-refractivity contribution in [2.75, 3.05) is 24.5 Å². The highest BCUT2D eigenvalue weighted by atomic mass is 19.4. The Hall–Kier alpha value is -1.23. The summed E-state index contributed by atoms with van der Waals surface area (Å²) in [4.78, 5) is 1.85. The summed E-state index contributed by atoms with van der Waals surface area (Å²) >= 11 is 0. The third-order valence-electron chi connectivity index (χ3n) is 3.73. The molecule has 20 heavy (non-hydrogen) atoms. The quantitative estimate of drug-likeness (QED) is 0.908. The molecule has 1 aliphatic rings.